The van der Waals surface area contributed by atoms with Crippen molar-refractivity contribution in [2.75, 3.05) is 26.4 Å². The second kappa shape index (κ2) is 6.72. The Bertz CT molecular complexity index is 326. The highest BCUT2D eigenvalue weighted by molar-refractivity contribution is 5.86. The van der Waals surface area contributed by atoms with Gasteiger partial charge in [-0.25, -0.2) is 9.59 Å². The van der Waals surface area contributed by atoms with Crippen molar-refractivity contribution >= 4 is 12.0 Å². The van der Waals surface area contributed by atoms with Gasteiger partial charge in [-0.3, -0.25) is 0 Å². The Hall–Kier alpha value is -1.34. The molecule has 0 atom stereocenters. The number of hydrogen-bond donors (Lipinski definition) is 3. The van der Waals surface area contributed by atoms with E-state index < -0.39 is 17.5 Å². The van der Waals surface area contributed by atoms with E-state index in [1.54, 1.807) is 0 Å². The molecule has 1 heterocycles. The summed E-state index contributed by atoms with van der Waals surface area (Å²) in [5.74, 6) is -1.04. The first kappa shape index (κ1) is 15.7. The van der Waals surface area contributed by atoms with Crippen LogP contribution in [0.1, 0.15) is 26.7 Å². The third-order valence-electron chi connectivity index (χ3n) is 3.33. The molecule has 7 heteroatoms. The van der Waals surface area contributed by atoms with Crippen LogP contribution in [0.2, 0.25) is 0 Å². The number of aliphatic hydroxyl groups is 1. The topological polar surface area (TPSA) is 99.1 Å². The quantitative estimate of drug-likeness (QED) is 0.657. The van der Waals surface area contributed by atoms with E-state index in [-0.39, 0.29) is 32.0 Å². The molecule has 0 bridgehead atoms. The van der Waals surface area contributed by atoms with E-state index in [9.17, 15) is 14.7 Å². The van der Waals surface area contributed by atoms with E-state index in [0.717, 1.165) is 0 Å². The number of carboxylic acid groups (broad SMARTS) is 1. The number of ether oxygens (including phenoxy) is 1. The zero-order valence-corrected chi connectivity index (χ0v) is 11.4. The number of carbonyl (C=O) groups is 2. The Morgan fingerprint density at radius 1 is 1.37 bits per heavy atom. The number of urea groups is 1. The number of carboxylic acids is 1. The van der Waals surface area contributed by atoms with E-state index in [0.29, 0.717) is 13.2 Å². The van der Waals surface area contributed by atoms with Crippen LogP contribution in [0.25, 0.3) is 0 Å². The fourth-order valence-corrected chi connectivity index (χ4v) is 2.09. The predicted molar refractivity (Wildman–Crippen MR) is 67.9 cm³/mol. The number of nitrogens with zero attached hydrogens (tertiary/aromatic N) is 1. The highest BCUT2D eigenvalue weighted by atomic mass is 16.5. The van der Waals surface area contributed by atoms with Gasteiger partial charge in [-0.2, -0.15) is 0 Å². The molecule has 0 saturated carbocycles. The molecule has 110 valence electrons. The van der Waals surface area contributed by atoms with E-state index in [1.165, 1.54) is 4.90 Å². The molecular formula is C12H22N2O5. The smallest absolute Gasteiger partial charge is 0.329 e. The van der Waals surface area contributed by atoms with E-state index in [2.05, 4.69) is 5.32 Å². The van der Waals surface area contributed by atoms with Gasteiger partial charge in [0.2, 0.25) is 0 Å². The van der Waals surface area contributed by atoms with Crippen LogP contribution in [0.15, 0.2) is 0 Å². The SMILES string of the molecule is CC(C)N(CCO)C(=O)NC1(C(=O)O)CCOCC1. The molecule has 1 rings (SSSR count). The molecule has 0 aromatic rings. The Labute approximate surface area is 112 Å². The van der Waals surface area contributed by atoms with E-state index in [1.807, 2.05) is 13.8 Å². The summed E-state index contributed by atoms with van der Waals surface area (Å²) in [6, 6.07) is -0.578. The second-order valence-corrected chi connectivity index (χ2v) is 4.94. The first-order chi connectivity index (χ1) is 8.93. The molecule has 19 heavy (non-hydrogen) atoms. The van der Waals surface area contributed by atoms with Crippen LogP contribution >= 0.6 is 0 Å². The molecule has 1 aliphatic rings. The van der Waals surface area contributed by atoms with Crippen LogP contribution in [0.3, 0.4) is 0 Å². The molecule has 0 unspecified atom stereocenters. The van der Waals surface area contributed by atoms with Crippen molar-refractivity contribution in [3.63, 3.8) is 0 Å². The lowest BCUT2D eigenvalue weighted by Crippen LogP contribution is -2.61. The van der Waals surface area contributed by atoms with Crippen LogP contribution in [0.5, 0.6) is 0 Å². The molecule has 2 amide bonds. The summed E-state index contributed by atoms with van der Waals surface area (Å²) < 4.78 is 5.14. The molecule has 0 aromatic carbocycles. The van der Waals surface area contributed by atoms with Crippen LogP contribution in [0.4, 0.5) is 4.79 Å². The Morgan fingerprint density at radius 2 is 1.95 bits per heavy atom. The minimum Gasteiger partial charge on any atom is -0.480 e. The zero-order chi connectivity index (χ0) is 14.5. The van der Waals surface area contributed by atoms with Crippen molar-refractivity contribution < 1.29 is 24.5 Å². The summed E-state index contributed by atoms with van der Waals surface area (Å²) in [6.45, 7) is 4.27. The Balaban J connectivity index is 2.78. The number of nitrogens with one attached hydrogen (secondary N) is 1. The Kier molecular flexibility index (Phi) is 5.56. The molecule has 7 nitrogen and oxygen atoms in total. The van der Waals surface area contributed by atoms with Gasteiger partial charge in [0.25, 0.3) is 0 Å². The summed E-state index contributed by atoms with van der Waals surface area (Å²) in [5.41, 5.74) is -1.27. The van der Waals surface area contributed by atoms with Gasteiger partial charge in [0.1, 0.15) is 5.54 Å². The standard InChI is InChI=1S/C12H22N2O5/c1-9(2)14(5-6-15)11(18)13-12(10(16)17)3-7-19-8-4-12/h9,15H,3-8H2,1-2H3,(H,13,18)(H,16,17). The number of rotatable bonds is 5. The normalized spacial score (nSPS) is 18.1. The van der Waals surface area contributed by atoms with Crippen LogP contribution in [0, 0.1) is 0 Å². The highest BCUT2D eigenvalue weighted by Crippen LogP contribution is 2.21. The Morgan fingerprint density at radius 3 is 2.37 bits per heavy atom. The molecular weight excluding hydrogens is 252 g/mol. The van der Waals surface area contributed by atoms with Gasteiger partial charge in [-0.05, 0) is 13.8 Å². The minimum atomic E-state index is -1.27. The van der Waals surface area contributed by atoms with E-state index >= 15 is 0 Å². The molecule has 0 aliphatic carbocycles. The number of aliphatic carboxylic acids is 1. The van der Waals surface area contributed by atoms with Gasteiger partial charge in [0, 0.05) is 38.6 Å². The summed E-state index contributed by atoms with van der Waals surface area (Å²) in [5, 5.41) is 20.9. The fraction of sp³-hybridized carbons (Fsp3) is 0.833. The van der Waals surface area contributed by atoms with Crippen molar-refractivity contribution in [2.45, 2.75) is 38.3 Å². The molecule has 0 radical (unpaired) electrons. The first-order valence-corrected chi connectivity index (χ1v) is 6.44. The maximum absolute atomic E-state index is 12.2. The van der Waals surface area contributed by atoms with Crippen LogP contribution in [-0.4, -0.2) is 65.1 Å². The van der Waals surface area contributed by atoms with Crippen molar-refractivity contribution in [1.29, 1.82) is 0 Å². The summed E-state index contributed by atoms with van der Waals surface area (Å²) in [7, 11) is 0. The largest absolute Gasteiger partial charge is 0.480 e. The molecule has 0 aromatic heterocycles. The number of carbonyl (C=O) groups excluding carboxylic acids is 1. The van der Waals surface area contributed by atoms with Gasteiger partial charge >= 0.3 is 12.0 Å². The minimum absolute atomic E-state index is 0.113. The number of aliphatic hydroxyl groups excluding tert-OH is 1. The lowest BCUT2D eigenvalue weighted by molar-refractivity contribution is -0.148. The van der Waals surface area contributed by atoms with Crippen molar-refractivity contribution in [3.8, 4) is 0 Å². The van der Waals surface area contributed by atoms with Gasteiger partial charge < -0.3 is 25.2 Å². The van der Waals surface area contributed by atoms with Gasteiger partial charge in [0.05, 0.1) is 6.61 Å². The van der Waals surface area contributed by atoms with Gasteiger partial charge in [-0.1, -0.05) is 0 Å². The zero-order valence-electron chi connectivity index (χ0n) is 11.4. The molecule has 1 saturated heterocycles. The number of amides is 2. The highest BCUT2D eigenvalue weighted by Gasteiger charge is 2.42. The van der Waals surface area contributed by atoms with Crippen LogP contribution < -0.4 is 5.32 Å². The molecule has 0 spiro atoms. The summed E-state index contributed by atoms with van der Waals surface area (Å²) >= 11 is 0. The molecule has 1 fully saturated rings. The summed E-state index contributed by atoms with van der Waals surface area (Å²) in [4.78, 5) is 25.0. The lowest BCUT2D eigenvalue weighted by Gasteiger charge is -2.36. The maximum Gasteiger partial charge on any atom is 0.329 e. The van der Waals surface area contributed by atoms with Crippen molar-refractivity contribution in [1.82, 2.24) is 10.2 Å². The lowest BCUT2D eigenvalue weighted by atomic mass is 9.90. The fourth-order valence-electron chi connectivity index (χ4n) is 2.09. The predicted octanol–water partition coefficient (Wildman–Crippen LogP) is 0.0325. The van der Waals surface area contributed by atoms with Crippen molar-refractivity contribution in [2.24, 2.45) is 0 Å². The number of hydrogen-bond acceptors (Lipinski definition) is 4. The van der Waals surface area contributed by atoms with Crippen molar-refractivity contribution in [3.05, 3.63) is 0 Å². The molecule has 1 aliphatic heterocycles. The average Bonchev–Trinajstić information content (AvgIpc) is 2.36. The third kappa shape index (κ3) is 3.81. The molecule has 3 N–H and O–H groups in total. The van der Waals surface area contributed by atoms with Crippen LogP contribution in [-0.2, 0) is 9.53 Å². The average molecular weight is 274 g/mol. The maximum atomic E-state index is 12.2. The van der Waals surface area contributed by atoms with E-state index in [4.69, 9.17) is 9.84 Å². The first-order valence-electron chi connectivity index (χ1n) is 6.44. The third-order valence-corrected chi connectivity index (χ3v) is 3.33. The monoisotopic (exact) mass is 274 g/mol. The summed E-state index contributed by atoms with van der Waals surface area (Å²) in [6.07, 6.45) is 0.498. The van der Waals surface area contributed by atoms with Gasteiger partial charge in [-0.15, -0.1) is 0 Å². The second-order valence-electron chi connectivity index (χ2n) is 4.94. The van der Waals surface area contributed by atoms with Gasteiger partial charge in [0.15, 0.2) is 0 Å².